The van der Waals surface area contributed by atoms with E-state index in [1.807, 2.05) is 0 Å². The van der Waals surface area contributed by atoms with E-state index in [2.05, 4.69) is 45.9 Å². The minimum atomic E-state index is 0.214. The fraction of sp³-hybridized carbons (Fsp3) is 0.467. The van der Waals surface area contributed by atoms with E-state index in [1.165, 1.54) is 22.3 Å². The molecule has 0 amide bonds. The largest absolute Gasteiger partial charge is 0.497 e. The lowest BCUT2D eigenvalue weighted by Crippen LogP contribution is -2.19. The summed E-state index contributed by atoms with van der Waals surface area (Å²) in [6.07, 6.45) is 1.15. The Hall–Kier alpha value is -1.24. The van der Waals surface area contributed by atoms with Crippen LogP contribution >= 0.6 is 0 Å². The van der Waals surface area contributed by atoms with E-state index >= 15 is 0 Å². The number of benzene rings is 1. The van der Waals surface area contributed by atoms with Gasteiger partial charge in [-0.05, 0) is 49.1 Å². The number of ether oxygens (including phenoxy) is 1. The Morgan fingerprint density at radius 3 is 2.50 bits per heavy atom. The molecule has 1 aliphatic rings. The Bertz CT molecular complexity index is 457. The third-order valence-electron chi connectivity index (χ3n) is 4.32. The molecule has 0 saturated carbocycles. The van der Waals surface area contributed by atoms with Gasteiger partial charge in [0.25, 0.3) is 0 Å². The number of fused-ring (bicyclic) bond motifs is 1. The molecule has 0 heterocycles. The molecule has 1 aliphatic carbocycles. The van der Waals surface area contributed by atoms with E-state index in [-0.39, 0.29) is 5.41 Å². The fourth-order valence-electron chi connectivity index (χ4n) is 2.72. The van der Waals surface area contributed by atoms with Crippen LogP contribution in [-0.4, -0.2) is 7.11 Å². The summed E-state index contributed by atoms with van der Waals surface area (Å²) in [7, 11) is 1.72. The quantitative estimate of drug-likeness (QED) is 0.721. The van der Waals surface area contributed by atoms with Crippen LogP contribution in [0.25, 0.3) is 5.57 Å². The molecule has 0 bridgehead atoms. The van der Waals surface area contributed by atoms with Crippen molar-refractivity contribution >= 4 is 5.57 Å². The van der Waals surface area contributed by atoms with Crippen LogP contribution in [0.3, 0.4) is 0 Å². The van der Waals surface area contributed by atoms with E-state index in [4.69, 9.17) is 4.74 Å². The molecule has 1 nitrogen and oxygen atoms in total. The molecule has 1 heteroatoms. The molecule has 1 aromatic rings. The van der Waals surface area contributed by atoms with E-state index in [0.29, 0.717) is 0 Å². The van der Waals surface area contributed by atoms with Gasteiger partial charge < -0.3 is 4.74 Å². The van der Waals surface area contributed by atoms with Gasteiger partial charge in [0.15, 0.2) is 0 Å². The van der Waals surface area contributed by atoms with Crippen molar-refractivity contribution in [1.29, 1.82) is 0 Å². The molecule has 0 fully saturated rings. The molecule has 86 valence electrons. The maximum Gasteiger partial charge on any atom is 0.119 e. The molecule has 1 aromatic carbocycles. The lowest BCUT2D eigenvalue weighted by Gasteiger charge is -2.26. The number of allylic oxidation sites excluding steroid dienone is 2. The van der Waals surface area contributed by atoms with Crippen molar-refractivity contribution in [3.05, 3.63) is 34.9 Å². The van der Waals surface area contributed by atoms with Gasteiger partial charge in [-0.2, -0.15) is 0 Å². The van der Waals surface area contributed by atoms with E-state index in [0.717, 1.165) is 12.2 Å². The molecular weight excluding hydrogens is 196 g/mol. The summed E-state index contributed by atoms with van der Waals surface area (Å²) in [4.78, 5) is 0. The Kier molecular flexibility index (Phi) is 2.57. The van der Waals surface area contributed by atoms with Crippen LogP contribution < -0.4 is 4.74 Å². The Labute approximate surface area is 98.1 Å². The third-order valence-corrected chi connectivity index (χ3v) is 4.32. The molecule has 0 spiro atoms. The number of hydrogen-bond acceptors (Lipinski definition) is 1. The van der Waals surface area contributed by atoms with Crippen LogP contribution in [0.2, 0.25) is 0 Å². The highest BCUT2D eigenvalue weighted by Gasteiger charge is 2.36. The summed E-state index contributed by atoms with van der Waals surface area (Å²) >= 11 is 0. The second kappa shape index (κ2) is 3.65. The van der Waals surface area contributed by atoms with Gasteiger partial charge in [-0.3, -0.25) is 0 Å². The summed E-state index contributed by atoms with van der Waals surface area (Å²) < 4.78 is 5.30. The average molecular weight is 216 g/mol. The zero-order valence-electron chi connectivity index (χ0n) is 10.8. The SMILES string of the molecule is CCC1(C)C(C)=C(C)c2cc(OC)ccc21. The Balaban J connectivity index is 2.65. The first-order chi connectivity index (χ1) is 7.54. The first kappa shape index (κ1) is 11.3. The molecule has 0 radical (unpaired) electrons. The second-order valence-electron chi connectivity index (χ2n) is 4.85. The van der Waals surface area contributed by atoms with Crippen molar-refractivity contribution in [2.24, 2.45) is 0 Å². The summed E-state index contributed by atoms with van der Waals surface area (Å²) in [6, 6.07) is 6.45. The molecular formula is C15H20O. The number of hydrogen-bond donors (Lipinski definition) is 0. The first-order valence-electron chi connectivity index (χ1n) is 5.91. The predicted molar refractivity (Wildman–Crippen MR) is 68.9 cm³/mol. The third kappa shape index (κ3) is 1.31. The van der Waals surface area contributed by atoms with Crippen LogP contribution in [0, 0.1) is 0 Å². The molecule has 0 N–H and O–H groups in total. The highest BCUT2D eigenvalue weighted by Crippen LogP contribution is 2.48. The van der Waals surface area contributed by atoms with Gasteiger partial charge in [0.2, 0.25) is 0 Å². The van der Waals surface area contributed by atoms with E-state index in [1.54, 1.807) is 7.11 Å². The van der Waals surface area contributed by atoms with Crippen molar-refractivity contribution < 1.29 is 4.74 Å². The first-order valence-corrected chi connectivity index (χ1v) is 5.91. The zero-order valence-corrected chi connectivity index (χ0v) is 10.8. The highest BCUT2D eigenvalue weighted by atomic mass is 16.5. The highest BCUT2D eigenvalue weighted by molar-refractivity contribution is 5.79. The monoisotopic (exact) mass is 216 g/mol. The van der Waals surface area contributed by atoms with Gasteiger partial charge in [-0.1, -0.05) is 25.5 Å². The molecule has 16 heavy (non-hydrogen) atoms. The molecule has 0 saturated heterocycles. The molecule has 0 aromatic heterocycles. The molecule has 1 atom stereocenters. The molecule has 0 aliphatic heterocycles. The van der Waals surface area contributed by atoms with Crippen molar-refractivity contribution in [2.45, 2.75) is 39.5 Å². The van der Waals surface area contributed by atoms with Gasteiger partial charge in [-0.15, -0.1) is 0 Å². The topological polar surface area (TPSA) is 9.23 Å². The maximum absolute atomic E-state index is 5.30. The van der Waals surface area contributed by atoms with Crippen LogP contribution in [0.5, 0.6) is 5.75 Å². The summed E-state index contributed by atoms with van der Waals surface area (Å²) in [6.45, 7) is 9.07. The minimum Gasteiger partial charge on any atom is -0.497 e. The predicted octanol–water partition coefficient (Wildman–Crippen LogP) is 4.17. The van der Waals surface area contributed by atoms with Gasteiger partial charge >= 0.3 is 0 Å². The van der Waals surface area contributed by atoms with Gasteiger partial charge in [0, 0.05) is 5.41 Å². The van der Waals surface area contributed by atoms with Crippen molar-refractivity contribution in [2.75, 3.05) is 7.11 Å². The molecule has 1 unspecified atom stereocenters. The molecule has 2 rings (SSSR count). The van der Waals surface area contributed by atoms with E-state index < -0.39 is 0 Å². The minimum absolute atomic E-state index is 0.214. The van der Waals surface area contributed by atoms with Crippen LogP contribution in [0.15, 0.2) is 23.8 Å². The smallest absolute Gasteiger partial charge is 0.119 e. The van der Waals surface area contributed by atoms with E-state index in [9.17, 15) is 0 Å². The maximum atomic E-state index is 5.30. The average Bonchev–Trinajstić information content (AvgIpc) is 2.52. The Morgan fingerprint density at radius 2 is 1.94 bits per heavy atom. The standard InChI is InChI=1S/C15H20O/c1-6-15(4)11(3)10(2)13-9-12(16-5)7-8-14(13)15/h7-9H,6H2,1-5H3. The Morgan fingerprint density at radius 1 is 1.25 bits per heavy atom. The fourth-order valence-corrected chi connectivity index (χ4v) is 2.72. The van der Waals surface area contributed by atoms with Crippen molar-refractivity contribution in [1.82, 2.24) is 0 Å². The summed E-state index contributed by atoms with van der Waals surface area (Å²) in [5.74, 6) is 0.950. The normalized spacial score (nSPS) is 23.6. The number of rotatable bonds is 2. The van der Waals surface area contributed by atoms with Crippen LogP contribution in [0.1, 0.15) is 45.2 Å². The second-order valence-corrected chi connectivity index (χ2v) is 4.85. The van der Waals surface area contributed by atoms with Crippen LogP contribution in [-0.2, 0) is 5.41 Å². The number of methoxy groups -OCH3 is 1. The lowest BCUT2D eigenvalue weighted by molar-refractivity contribution is 0.414. The van der Waals surface area contributed by atoms with Gasteiger partial charge in [-0.25, -0.2) is 0 Å². The van der Waals surface area contributed by atoms with Crippen molar-refractivity contribution in [3.63, 3.8) is 0 Å². The zero-order chi connectivity index (χ0) is 11.9. The van der Waals surface area contributed by atoms with Gasteiger partial charge in [0.1, 0.15) is 5.75 Å². The van der Waals surface area contributed by atoms with Crippen molar-refractivity contribution in [3.8, 4) is 5.75 Å². The van der Waals surface area contributed by atoms with Crippen LogP contribution in [0.4, 0.5) is 0 Å². The summed E-state index contributed by atoms with van der Waals surface area (Å²) in [5, 5.41) is 0. The summed E-state index contributed by atoms with van der Waals surface area (Å²) in [5.41, 5.74) is 5.94. The van der Waals surface area contributed by atoms with Gasteiger partial charge in [0.05, 0.1) is 7.11 Å². The lowest BCUT2D eigenvalue weighted by atomic mass is 9.77.